The fraction of sp³-hybridized carbons (Fsp3) is 0.111. The molecule has 3 rings (SSSR count). The highest BCUT2D eigenvalue weighted by Crippen LogP contribution is 2.27. The van der Waals surface area contributed by atoms with Crippen LogP contribution in [0, 0.1) is 0 Å². The van der Waals surface area contributed by atoms with Crippen molar-refractivity contribution < 1.29 is 9.90 Å². The summed E-state index contributed by atoms with van der Waals surface area (Å²) in [4.78, 5) is 16.6. The lowest BCUT2D eigenvalue weighted by Crippen LogP contribution is -2.26. The summed E-state index contributed by atoms with van der Waals surface area (Å²) in [7, 11) is 0. The largest absolute Gasteiger partial charge is 0.505 e. The van der Waals surface area contributed by atoms with Crippen LogP contribution in [0.25, 0.3) is 10.9 Å². The van der Waals surface area contributed by atoms with Crippen LogP contribution >= 0.6 is 15.9 Å². The molecule has 0 radical (unpaired) electrons. The quantitative estimate of drug-likeness (QED) is 0.726. The number of carbonyl (C=O) groups is 1. The maximum atomic E-state index is 12.5. The van der Waals surface area contributed by atoms with Crippen molar-refractivity contribution in [2.45, 2.75) is 13.0 Å². The number of carbonyl (C=O) groups excluding carboxylic acids is 1. The lowest BCUT2D eigenvalue weighted by molar-refractivity contribution is 0.0937. The van der Waals surface area contributed by atoms with Crippen molar-refractivity contribution >= 4 is 32.7 Å². The maximum Gasteiger partial charge on any atom is 0.255 e. The Morgan fingerprint density at radius 2 is 1.91 bits per heavy atom. The molecule has 1 amide bonds. The van der Waals surface area contributed by atoms with Crippen molar-refractivity contribution in [1.29, 1.82) is 0 Å². The molecular weight excluding hydrogens is 356 g/mol. The van der Waals surface area contributed by atoms with E-state index in [0.29, 0.717) is 5.52 Å². The first kappa shape index (κ1) is 15.5. The number of fused-ring (bicyclic) bond motifs is 1. The zero-order chi connectivity index (χ0) is 16.4. The van der Waals surface area contributed by atoms with Crippen LogP contribution in [0.5, 0.6) is 5.75 Å². The highest BCUT2D eigenvalue weighted by atomic mass is 79.9. The van der Waals surface area contributed by atoms with Crippen LogP contribution in [-0.2, 0) is 0 Å². The number of phenolic OH excluding ortho intramolecular Hbond substituents is 1. The second-order valence-corrected chi connectivity index (χ2v) is 6.20. The zero-order valence-corrected chi connectivity index (χ0v) is 14.0. The van der Waals surface area contributed by atoms with E-state index >= 15 is 0 Å². The molecule has 23 heavy (non-hydrogen) atoms. The van der Waals surface area contributed by atoms with Crippen molar-refractivity contribution in [3.8, 4) is 5.75 Å². The highest BCUT2D eigenvalue weighted by Gasteiger charge is 2.17. The Morgan fingerprint density at radius 3 is 2.65 bits per heavy atom. The van der Waals surface area contributed by atoms with Gasteiger partial charge in [-0.1, -0.05) is 40.2 Å². The summed E-state index contributed by atoms with van der Waals surface area (Å²) in [5.74, 6) is -0.422. The Balaban J connectivity index is 1.86. The Labute approximate surface area is 142 Å². The van der Waals surface area contributed by atoms with Gasteiger partial charge in [0.05, 0.1) is 11.6 Å². The van der Waals surface area contributed by atoms with Gasteiger partial charge < -0.3 is 10.4 Å². The first-order chi connectivity index (χ1) is 11.1. The molecule has 5 heteroatoms. The molecule has 3 aromatic rings. The summed E-state index contributed by atoms with van der Waals surface area (Å²) < 4.78 is 0.984. The van der Waals surface area contributed by atoms with Gasteiger partial charge in [-0.2, -0.15) is 0 Å². The number of amides is 1. The average molecular weight is 371 g/mol. The number of aromatic nitrogens is 1. The molecule has 4 nitrogen and oxygen atoms in total. The monoisotopic (exact) mass is 370 g/mol. The van der Waals surface area contributed by atoms with Crippen LogP contribution in [0.4, 0.5) is 0 Å². The molecule has 1 atom stereocenters. The number of nitrogens with one attached hydrogen (secondary N) is 1. The fourth-order valence-corrected chi connectivity index (χ4v) is 2.69. The first-order valence-corrected chi connectivity index (χ1v) is 7.98. The molecule has 2 N–H and O–H groups in total. The van der Waals surface area contributed by atoms with E-state index in [1.54, 1.807) is 24.4 Å². The van der Waals surface area contributed by atoms with Crippen LogP contribution in [0.1, 0.15) is 28.9 Å². The van der Waals surface area contributed by atoms with Crippen molar-refractivity contribution in [1.82, 2.24) is 10.3 Å². The number of aromatic hydroxyl groups is 1. The molecule has 1 aromatic heterocycles. The van der Waals surface area contributed by atoms with Gasteiger partial charge in [0.15, 0.2) is 5.75 Å². The molecule has 0 unspecified atom stereocenters. The minimum absolute atomic E-state index is 0.0939. The minimum atomic E-state index is -0.328. The molecule has 116 valence electrons. The highest BCUT2D eigenvalue weighted by molar-refractivity contribution is 9.10. The summed E-state index contributed by atoms with van der Waals surface area (Å²) in [5, 5.41) is 14.0. The molecule has 0 fully saturated rings. The number of nitrogens with zero attached hydrogens (tertiary/aromatic N) is 1. The third-order valence-corrected chi connectivity index (χ3v) is 4.24. The molecule has 0 aliphatic rings. The molecule has 0 aliphatic heterocycles. The van der Waals surface area contributed by atoms with Crippen LogP contribution in [0.2, 0.25) is 0 Å². The van der Waals surface area contributed by atoms with E-state index < -0.39 is 0 Å². The SMILES string of the molecule is C[C@@H](NC(=O)c1ccc2cccnc2c1O)c1ccc(Br)cc1. The lowest BCUT2D eigenvalue weighted by Gasteiger charge is -2.15. The predicted molar refractivity (Wildman–Crippen MR) is 93.4 cm³/mol. The summed E-state index contributed by atoms with van der Waals surface area (Å²) in [6.07, 6.45) is 1.59. The van der Waals surface area contributed by atoms with E-state index in [9.17, 15) is 9.90 Å². The molecule has 0 spiro atoms. The smallest absolute Gasteiger partial charge is 0.255 e. The summed E-state index contributed by atoms with van der Waals surface area (Å²) >= 11 is 3.39. The van der Waals surface area contributed by atoms with Gasteiger partial charge in [-0.25, -0.2) is 0 Å². The number of rotatable bonds is 3. The molecule has 0 saturated carbocycles. The van der Waals surface area contributed by atoms with Crippen molar-refractivity contribution in [3.63, 3.8) is 0 Å². The number of hydrogen-bond acceptors (Lipinski definition) is 3. The number of hydrogen-bond donors (Lipinski definition) is 2. The van der Waals surface area contributed by atoms with Gasteiger partial charge in [0, 0.05) is 16.1 Å². The molecule has 0 saturated heterocycles. The lowest BCUT2D eigenvalue weighted by atomic mass is 10.1. The van der Waals surface area contributed by atoms with E-state index in [0.717, 1.165) is 15.4 Å². The normalized spacial score (nSPS) is 12.1. The van der Waals surface area contributed by atoms with E-state index in [-0.39, 0.29) is 23.3 Å². The minimum Gasteiger partial charge on any atom is -0.505 e. The second kappa shape index (κ2) is 6.38. The van der Waals surface area contributed by atoms with E-state index in [4.69, 9.17) is 0 Å². The van der Waals surface area contributed by atoms with Crippen LogP contribution in [0.15, 0.2) is 59.2 Å². The van der Waals surface area contributed by atoms with E-state index in [1.807, 2.05) is 37.3 Å². The second-order valence-electron chi connectivity index (χ2n) is 5.28. The summed E-state index contributed by atoms with van der Waals surface area (Å²) in [6, 6.07) is 14.6. The Bertz CT molecular complexity index is 863. The molecule has 2 aromatic carbocycles. The molecular formula is C18H15BrN2O2. The predicted octanol–water partition coefficient (Wildman–Crippen LogP) is 4.19. The third kappa shape index (κ3) is 3.19. The number of halogens is 1. The van der Waals surface area contributed by atoms with Crippen LogP contribution in [0.3, 0.4) is 0 Å². The molecule has 0 aliphatic carbocycles. The van der Waals surface area contributed by atoms with Gasteiger partial charge in [-0.05, 0) is 36.8 Å². The topological polar surface area (TPSA) is 62.2 Å². The standard InChI is InChI=1S/C18H15BrN2O2/c1-11(12-4-7-14(19)8-5-12)21-18(23)15-9-6-13-3-2-10-20-16(13)17(15)22/h2-11,22H,1H3,(H,21,23)/t11-/m1/s1. The molecule has 0 bridgehead atoms. The maximum absolute atomic E-state index is 12.5. The van der Waals surface area contributed by atoms with Crippen LogP contribution in [-0.4, -0.2) is 16.0 Å². The van der Waals surface area contributed by atoms with E-state index in [2.05, 4.69) is 26.2 Å². The number of pyridine rings is 1. The summed E-state index contributed by atoms with van der Waals surface area (Å²) in [5.41, 5.74) is 1.64. The van der Waals surface area contributed by atoms with E-state index in [1.165, 1.54) is 0 Å². The number of benzene rings is 2. The van der Waals surface area contributed by atoms with Gasteiger partial charge >= 0.3 is 0 Å². The summed E-state index contributed by atoms with van der Waals surface area (Å²) in [6.45, 7) is 1.90. The van der Waals surface area contributed by atoms with Gasteiger partial charge in [-0.3, -0.25) is 9.78 Å². The van der Waals surface area contributed by atoms with Crippen molar-refractivity contribution in [2.75, 3.05) is 0 Å². The zero-order valence-electron chi connectivity index (χ0n) is 12.5. The molecule has 1 heterocycles. The first-order valence-electron chi connectivity index (χ1n) is 7.19. The van der Waals surface area contributed by atoms with Crippen molar-refractivity contribution in [3.05, 3.63) is 70.3 Å². The van der Waals surface area contributed by atoms with Gasteiger partial charge in [0.1, 0.15) is 5.52 Å². The van der Waals surface area contributed by atoms with Gasteiger partial charge in [-0.15, -0.1) is 0 Å². The fourth-order valence-electron chi connectivity index (χ4n) is 2.42. The third-order valence-electron chi connectivity index (χ3n) is 3.71. The number of phenols is 1. The average Bonchev–Trinajstić information content (AvgIpc) is 2.56. The Hall–Kier alpha value is -2.40. The van der Waals surface area contributed by atoms with Crippen LogP contribution < -0.4 is 5.32 Å². The Morgan fingerprint density at radius 1 is 1.17 bits per heavy atom. The van der Waals surface area contributed by atoms with Gasteiger partial charge in [0.25, 0.3) is 5.91 Å². The Kier molecular flexibility index (Phi) is 4.30. The van der Waals surface area contributed by atoms with Crippen molar-refractivity contribution in [2.24, 2.45) is 0 Å². The van der Waals surface area contributed by atoms with Gasteiger partial charge in [0.2, 0.25) is 0 Å².